The third-order valence-electron chi connectivity index (χ3n) is 4.74. The molecule has 0 aliphatic carbocycles. The van der Waals surface area contributed by atoms with Crippen LogP contribution >= 0.6 is 0 Å². The van der Waals surface area contributed by atoms with Gasteiger partial charge < -0.3 is 34.2 Å². The number of aromatic nitrogens is 1. The molecule has 0 spiro atoms. The van der Waals surface area contributed by atoms with Gasteiger partial charge >= 0.3 is 5.97 Å². The number of nitrogens with zero attached hydrogens (tertiary/aromatic N) is 2. The number of aliphatic carboxylic acids is 1. The summed E-state index contributed by atoms with van der Waals surface area (Å²) in [5, 5.41) is 9.37. The van der Waals surface area contributed by atoms with E-state index in [1.165, 1.54) is 0 Å². The molecule has 0 radical (unpaired) electrons. The molecule has 0 saturated heterocycles. The molecule has 1 heterocycles. The topological polar surface area (TPSA) is 141 Å². The number of quaternary nitrogens is 1. The number of primary amides is 1. The molecular formula is C25H37N3O7. The van der Waals surface area contributed by atoms with E-state index in [2.05, 4.69) is 21.1 Å². The van der Waals surface area contributed by atoms with Gasteiger partial charge in [-0.1, -0.05) is 6.07 Å². The lowest BCUT2D eigenvalue weighted by Crippen LogP contribution is -2.35. The summed E-state index contributed by atoms with van der Waals surface area (Å²) in [6.45, 7) is 9.37. The number of carboxylic acid groups (broad SMARTS) is 1. The van der Waals surface area contributed by atoms with Gasteiger partial charge in [0.05, 0.1) is 44.2 Å². The van der Waals surface area contributed by atoms with Crippen LogP contribution in [0.1, 0.15) is 50.2 Å². The van der Waals surface area contributed by atoms with Gasteiger partial charge in [-0.25, -0.2) is 4.79 Å². The standard InChI is InChI=1S/C23H33N3O5.C2H4O2/c1-15-19(21(28)22(24)29)20-16(25(15)12-9-13-26(5,6)7)10-8-11-17(20)30-14-18(27)31-23(2,3)4;1-2(3)4/h8,10-11H,9,12-14H2,1-7H3,(H-,24,29);1H3,(H,3,4). The maximum Gasteiger partial charge on any atom is 0.344 e. The number of benzene rings is 1. The van der Waals surface area contributed by atoms with E-state index in [-0.39, 0.29) is 12.2 Å². The molecule has 2 rings (SSSR count). The normalized spacial score (nSPS) is 11.4. The van der Waals surface area contributed by atoms with E-state index in [1.807, 2.05) is 10.6 Å². The SMILES string of the molecule is CC(=O)[O-].Cc1c(C(=O)C(N)=O)c2c(OCC(=O)OC(C)(C)C)cccc2n1CCC[N+](C)(C)C. The van der Waals surface area contributed by atoms with Crippen LogP contribution in [0.5, 0.6) is 5.75 Å². The molecule has 0 bridgehead atoms. The number of aryl methyl sites for hydroxylation is 1. The number of amides is 1. The number of hydrogen-bond acceptors (Lipinski definition) is 7. The van der Waals surface area contributed by atoms with Crippen molar-refractivity contribution in [1.82, 2.24) is 4.57 Å². The summed E-state index contributed by atoms with van der Waals surface area (Å²) in [6, 6.07) is 5.33. The zero-order valence-electron chi connectivity index (χ0n) is 21.9. The van der Waals surface area contributed by atoms with Crippen molar-refractivity contribution in [3.8, 4) is 5.75 Å². The van der Waals surface area contributed by atoms with E-state index in [0.717, 1.165) is 29.9 Å². The smallest absolute Gasteiger partial charge is 0.344 e. The predicted molar refractivity (Wildman–Crippen MR) is 130 cm³/mol. The van der Waals surface area contributed by atoms with E-state index in [0.29, 0.717) is 23.4 Å². The quantitative estimate of drug-likeness (QED) is 0.240. The van der Waals surface area contributed by atoms with Crippen molar-refractivity contribution >= 4 is 34.5 Å². The maximum atomic E-state index is 12.7. The Bertz CT molecular complexity index is 1090. The monoisotopic (exact) mass is 491 g/mol. The van der Waals surface area contributed by atoms with Gasteiger partial charge in [-0.15, -0.1) is 0 Å². The van der Waals surface area contributed by atoms with Crippen LogP contribution in [-0.2, 0) is 25.7 Å². The number of carboxylic acids is 1. The lowest BCUT2D eigenvalue weighted by atomic mass is 10.1. The molecular weight excluding hydrogens is 454 g/mol. The minimum absolute atomic E-state index is 0.215. The number of Topliss-reactive ketones (excluding diaryl/α,β-unsaturated/α-hetero) is 1. The zero-order chi connectivity index (χ0) is 27.1. The second kappa shape index (κ2) is 11.8. The Morgan fingerprint density at radius 2 is 1.69 bits per heavy atom. The Morgan fingerprint density at radius 3 is 2.17 bits per heavy atom. The number of esters is 1. The molecule has 35 heavy (non-hydrogen) atoms. The number of carbonyl (C=O) groups excluding carboxylic acids is 4. The summed E-state index contributed by atoms with van der Waals surface area (Å²) >= 11 is 0. The van der Waals surface area contributed by atoms with Crippen molar-refractivity contribution in [1.29, 1.82) is 0 Å². The average Bonchev–Trinajstić information content (AvgIpc) is 2.95. The lowest BCUT2D eigenvalue weighted by Gasteiger charge is -2.24. The molecule has 0 unspecified atom stereocenters. The Balaban J connectivity index is 0.00000142. The van der Waals surface area contributed by atoms with Crippen LogP contribution in [0.15, 0.2) is 18.2 Å². The van der Waals surface area contributed by atoms with E-state index in [4.69, 9.17) is 25.1 Å². The molecule has 2 N–H and O–H groups in total. The van der Waals surface area contributed by atoms with E-state index in [9.17, 15) is 14.4 Å². The van der Waals surface area contributed by atoms with Crippen LogP contribution in [0.4, 0.5) is 0 Å². The Labute approximate surface area is 206 Å². The highest BCUT2D eigenvalue weighted by molar-refractivity contribution is 6.45. The van der Waals surface area contributed by atoms with E-state index >= 15 is 0 Å². The summed E-state index contributed by atoms with van der Waals surface area (Å²) < 4.78 is 13.8. The van der Waals surface area contributed by atoms with Gasteiger partial charge in [-0.3, -0.25) is 9.59 Å². The molecule has 10 nitrogen and oxygen atoms in total. The first-order chi connectivity index (χ1) is 15.9. The third kappa shape index (κ3) is 9.40. The van der Waals surface area contributed by atoms with Gasteiger partial charge in [0.2, 0.25) is 0 Å². The van der Waals surface area contributed by atoms with Crippen LogP contribution in [-0.4, -0.2) is 72.6 Å². The van der Waals surface area contributed by atoms with Crippen molar-refractivity contribution in [3.63, 3.8) is 0 Å². The molecule has 2 aromatic rings. The zero-order valence-corrected chi connectivity index (χ0v) is 21.9. The van der Waals surface area contributed by atoms with Crippen molar-refractivity contribution in [2.75, 3.05) is 34.3 Å². The van der Waals surface area contributed by atoms with E-state index < -0.39 is 29.2 Å². The van der Waals surface area contributed by atoms with Gasteiger partial charge in [0, 0.05) is 24.6 Å². The Hall–Kier alpha value is -3.40. The van der Waals surface area contributed by atoms with Gasteiger partial charge in [0.1, 0.15) is 11.4 Å². The first-order valence-electron chi connectivity index (χ1n) is 11.2. The summed E-state index contributed by atoms with van der Waals surface area (Å²) in [5.74, 6) is -3.08. The first kappa shape index (κ1) is 29.6. The van der Waals surface area contributed by atoms with Crippen LogP contribution in [0.2, 0.25) is 0 Å². The molecule has 0 fully saturated rings. The van der Waals surface area contributed by atoms with Gasteiger partial charge in [-0.2, -0.15) is 0 Å². The van der Waals surface area contributed by atoms with E-state index in [1.54, 1.807) is 39.8 Å². The largest absolute Gasteiger partial charge is 0.550 e. The van der Waals surface area contributed by atoms with Gasteiger partial charge in [0.25, 0.3) is 11.7 Å². The number of rotatable bonds is 9. The molecule has 1 aromatic carbocycles. The van der Waals surface area contributed by atoms with Crippen molar-refractivity contribution in [2.45, 2.75) is 53.2 Å². The fraction of sp³-hybridized carbons (Fsp3) is 0.520. The molecule has 0 aliphatic rings. The van der Waals surface area contributed by atoms with Crippen LogP contribution in [0, 0.1) is 6.92 Å². The fourth-order valence-electron chi connectivity index (χ4n) is 3.51. The Kier molecular flexibility index (Phi) is 10.0. The minimum Gasteiger partial charge on any atom is -0.550 e. The van der Waals surface area contributed by atoms with Gasteiger partial charge in [0.15, 0.2) is 6.61 Å². The minimum atomic E-state index is -1.08. The molecule has 0 saturated carbocycles. The van der Waals surface area contributed by atoms with Crippen LogP contribution in [0.3, 0.4) is 0 Å². The number of ketones is 1. The Morgan fingerprint density at radius 1 is 1.11 bits per heavy atom. The summed E-state index contributed by atoms with van der Waals surface area (Å²) in [7, 11) is 6.35. The predicted octanol–water partition coefficient (Wildman–Crippen LogP) is 1.19. The first-order valence-corrected chi connectivity index (χ1v) is 11.2. The number of hydrogen-bond donors (Lipinski definition) is 1. The molecule has 1 aromatic heterocycles. The molecule has 0 aliphatic heterocycles. The van der Waals surface area contributed by atoms with Crippen LogP contribution in [0.25, 0.3) is 10.9 Å². The summed E-state index contributed by atoms with van der Waals surface area (Å²) in [6.07, 6.45) is 0.876. The van der Waals surface area contributed by atoms with Crippen molar-refractivity contribution in [2.24, 2.45) is 5.73 Å². The molecule has 10 heteroatoms. The lowest BCUT2D eigenvalue weighted by molar-refractivity contribution is -0.870. The number of nitrogens with two attached hydrogens (primary N) is 1. The average molecular weight is 492 g/mol. The van der Waals surface area contributed by atoms with Crippen LogP contribution < -0.4 is 15.6 Å². The molecule has 194 valence electrons. The highest BCUT2D eigenvalue weighted by Crippen LogP contribution is 2.34. The van der Waals surface area contributed by atoms with Crippen molar-refractivity contribution in [3.05, 3.63) is 29.5 Å². The van der Waals surface area contributed by atoms with Gasteiger partial charge in [-0.05, 0) is 46.8 Å². The summed E-state index contributed by atoms with van der Waals surface area (Å²) in [5.41, 5.74) is 6.30. The second-order valence-electron chi connectivity index (χ2n) is 10.2. The second-order valence-corrected chi connectivity index (χ2v) is 10.2. The number of ether oxygens (including phenoxy) is 2. The molecule has 1 amide bonds. The number of carbonyl (C=O) groups is 4. The highest BCUT2D eigenvalue weighted by Gasteiger charge is 2.26. The fourth-order valence-corrected chi connectivity index (χ4v) is 3.51. The highest BCUT2D eigenvalue weighted by atomic mass is 16.6. The third-order valence-corrected chi connectivity index (χ3v) is 4.74. The molecule has 0 atom stereocenters. The van der Waals surface area contributed by atoms with Crippen molar-refractivity contribution < 1.29 is 38.2 Å². The summed E-state index contributed by atoms with van der Waals surface area (Å²) in [4.78, 5) is 45.4. The maximum absolute atomic E-state index is 12.7. The number of fused-ring (bicyclic) bond motifs is 1.